The van der Waals surface area contributed by atoms with Gasteiger partial charge in [0.2, 0.25) is 5.96 Å². The maximum atomic E-state index is 8.30. The minimum absolute atomic E-state index is 0.122. The summed E-state index contributed by atoms with van der Waals surface area (Å²) in [4.78, 5) is 3.96. The Morgan fingerprint density at radius 2 is 2.18 bits per heavy atom. The minimum atomic E-state index is 0.122. The van der Waals surface area contributed by atoms with Gasteiger partial charge in [0.25, 0.3) is 0 Å². The largest absolute Gasteiger partial charge is 0.368 e. The highest BCUT2D eigenvalue weighted by atomic mass is 16.5. The van der Waals surface area contributed by atoms with Crippen molar-refractivity contribution >= 4 is 5.96 Å². The lowest BCUT2D eigenvalue weighted by atomic mass is 10.1. The highest BCUT2D eigenvalue weighted by molar-refractivity contribution is 5.76. The second-order valence-electron chi connectivity index (χ2n) is 2.99. The standard InChI is InChI=1S/C7H15N3O/c8-7(10-11)9-5-6-3-1-2-4-6/h6,11H,1-5H2,(H3,8,9,10). The molecule has 4 N–H and O–H groups in total. The van der Waals surface area contributed by atoms with E-state index in [4.69, 9.17) is 10.9 Å². The van der Waals surface area contributed by atoms with E-state index in [0.29, 0.717) is 5.92 Å². The fraction of sp³-hybridized carbons (Fsp3) is 0.857. The third kappa shape index (κ3) is 2.76. The number of nitrogens with two attached hydrogens (primary N) is 1. The SMILES string of the molecule is NC(=NCC1CCCC1)NO. The van der Waals surface area contributed by atoms with Crippen LogP contribution < -0.4 is 11.2 Å². The summed E-state index contributed by atoms with van der Waals surface area (Å²) in [5, 5.41) is 8.30. The Bertz CT molecular complexity index is 141. The van der Waals surface area contributed by atoms with Crippen LogP contribution in [-0.2, 0) is 0 Å². The first-order valence-corrected chi connectivity index (χ1v) is 4.03. The molecule has 4 heteroatoms. The molecule has 0 amide bonds. The van der Waals surface area contributed by atoms with Gasteiger partial charge in [0, 0.05) is 6.54 Å². The summed E-state index contributed by atoms with van der Waals surface area (Å²) >= 11 is 0. The average molecular weight is 157 g/mol. The van der Waals surface area contributed by atoms with Gasteiger partial charge in [0.15, 0.2) is 0 Å². The Morgan fingerprint density at radius 3 is 2.73 bits per heavy atom. The number of nitrogens with zero attached hydrogens (tertiary/aromatic N) is 1. The van der Waals surface area contributed by atoms with E-state index in [2.05, 4.69) is 4.99 Å². The molecule has 0 aliphatic heterocycles. The molecule has 1 aliphatic rings. The number of hydroxylamine groups is 1. The van der Waals surface area contributed by atoms with Crippen molar-refractivity contribution in [3.63, 3.8) is 0 Å². The number of aliphatic imine (C=N–C) groups is 1. The van der Waals surface area contributed by atoms with E-state index >= 15 is 0 Å². The molecule has 1 aliphatic carbocycles. The molecule has 1 rings (SSSR count). The van der Waals surface area contributed by atoms with Gasteiger partial charge in [-0.1, -0.05) is 12.8 Å². The first kappa shape index (κ1) is 8.33. The maximum Gasteiger partial charge on any atom is 0.212 e. The summed E-state index contributed by atoms with van der Waals surface area (Å²) in [5.41, 5.74) is 7.06. The van der Waals surface area contributed by atoms with Crippen LogP contribution in [0.25, 0.3) is 0 Å². The Kier molecular flexibility index (Phi) is 3.16. The van der Waals surface area contributed by atoms with Gasteiger partial charge in [-0.05, 0) is 18.8 Å². The van der Waals surface area contributed by atoms with Crippen molar-refractivity contribution in [3.8, 4) is 0 Å². The average Bonchev–Trinajstić information content (AvgIpc) is 2.52. The van der Waals surface area contributed by atoms with Gasteiger partial charge < -0.3 is 5.73 Å². The van der Waals surface area contributed by atoms with Gasteiger partial charge in [0.05, 0.1) is 0 Å². The van der Waals surface area contributed by atoms with Crippen molar-refractivity contribution in [2.75, 3.05) is 6.54 Å². The molecule has 1 saturated carbocycles. The Balaban J connectivity index is 2.19. The van der Waals surface area contributed by atoms with Crippen molar-refractivity contribution in [1.82, 2.24) is 5.48 Å². The number of hydrogen-bond donors (Lipinski definition) is 3. The molecule has 64 valence electrons. The van der Waals surface area contributed by atoms with E-state index in [1.165, 1.54) is 25.7 Å². The van der Waals surface area contributed by atoms with Crippen LogP contribution in [0.5, 0.6) is 0 Å². The summed E-state index contributed by atoms with van der Waals surface area (Å²) in [7, 11) is 0. The quantitative estimate of drug-likeness (QED) is 0.310. The topological polar surface area (TPSA) is 70.6 Å². The van der Waals surface area contributed by atoms with Gasteiger partial charge >= 0.3 is 0 Å². The molecule has 4 nitrogen and oxygen atoms in total. The van der Waals surface area contributed by atoms with Crippen LogP contribution in [-0.4, -0.2) is 17.7 Å². The normalized spacial score (nSPS) is 20.6. The van der Waals surface area contributed by atoms with E-state index in [-0.39, 0.29) is 5.96 Å². The fourth-order valence-electron chi connectivity index (χ4n) is 1.46. The molecule has 0 aromatic carbocycles. The molecule has 0 bridgehead atoms. The molecule has 0 saturated heterocycles. The zero-order valence-corrected chi connectivity index (χ0v) is 6.58. The monoisotopic (exact) mass is 157 g/mol. The highest BCUT2D eigenvalue weighted by Gasteiger charge is 2.13. The first-order chi connectivity index (χ1) is 5.33. The molecule has 0 radical (unpaired) electrons. The Hall–Kier alpha value is -0.770. The predicted molar refractivity (Wildman–Crippen MR) is 43.4 cm³/mol. The molecular weight excluding hydrogens is 142 g/mol. The van der Waals surface area contributed by atoms with Crippen molar-refractivity contribution in [1.29, 1.82) is 0 Å². The lowest BCUT2D eigenvalue weighted by Crippen LogP contribution is -2.29. The zero-order valence-electron chi connectivity index (χ0n) is 6.58. The van der Waals surface area contributed by atoms with E-state index in [1.807, 2.05) is 5.48 Å². The van der Waals surface area contributed by atoms with Crippen LogP contribution in [0.15, 0.2) is 4.99 Å². The second-order valence-corrected chi connectivity index (χ2v) is 2.99. The van der Waals surface area contributed by atoms with Crippen LogP contribution in [0.2, 0.25) is 0 Å². The number of hydrogen-bond acceptors (Lipinski definition) is 2. The van der Waals surface area contributed by atoms with Crippen LogP contribution >= 0.6 is 0 Å². The summed E-state index contributed by atoms with van der Waals surface area (Å²) < 4.78 is 0. The van der Waals surface area contributed by atoms with Crippen LogP contribution in [0.1, 0.15) is 25.7 Å². The van der Waals surface area contributed by atoms with Gasteiger partial charge in [-0.2, -0.15) is 0 Å². The van der Waals surface area contributed by atoms with Crippen LogP contribution in [0, 0.1) is 5.92 Å². The fourth-order valence-corrected chi connectivity index (χ4v) is 1.46. The number of nitrogens with one attached hydrogen (secondary N) is 1. The van der Waals surface area contributed by atoms with E-state index in [9.17, 15) is 0 Å². The molecule has 11 heavy (non-hydrogen) atoms. The number of rotatable bonds is 2. The Morgan fingerprint density at radius 1 is 1.55 bits per heavy atom. The summed E-state index contributed by atoms with van der Waals surface area (Å²) in [6.45, 7) is 0.749. The molecule has 0 unspecified atom stereocenters. The molecule has 0 aromatic rings. The van der Waals surface area contributed by atoms with Crippen LogP contribution in [0.3, 0.4) is 0 Å². The van der Waals surface area contributed by atoms with Crippen LogP contribution in [0.4, 0.5) is 0 Å². The van der Waals surface area contributed by atoms with Crippen molar-refractivity contribution in [2.45, 2.75) is 25.7 Å². The summed E-state index contributed by atoms with van der Waals surface area (Å²) in [6, 6.07) is 0. The summed E-state index contributed by atoms with van der Waals surface area (Å²) in [6.07, 6.45) is 5.13. The molecule has 0 heterocycles. The minimum Gasteiger partial charge on any atom is -0.368 e. The lowest BCUT2D eigenvalue weighted by molar-refractivity contribution is 0.232. The zero-order chi connectivity index (χ0) is 8.10. The second kappa shape index (κ2) is 4.18. The highest BCUT2D eigenvalue weighted by Crippen LogP contribution is 2.24. The third-order valence-electron chi connectivity index (χ3n) is 2.11. The van der Waals surface area contributed by atoms with Crippen molar-refractivity contribution in [2.24, 2.45) is 16.6 Å². The maximum absolute atomic E-state index is 8.30. The molecule has 1 fully saturated rings. The summed E-state index contributed by atoms with van der Waals surface area (Å²) in [5.74, 6) is 0.804. The molecule has 0 atom stereocenters. The van der Waals surface area contributed by atoms with Gasteiger partial charge in [-0.15, -0.1) is 0 Å². The first-order valence-electron chi connectivity index (χ1n) is 4.03. The van der Waals surface area contributed by atoms with Crippen molar-refractivity contribution in [3.05, 3.63) is 0 Å². The van der Waals surface area contributed by atoms with Gasteiger partial charge in [0.1, 0.15) is 0 Å². The lowest BCUT2D eigenvalue weighted by Gasteiger charge is -2.04. The molecule has 0 spiro atoms. The van der Waals surface area contributed by atoms with E-state index < -0.39 is 0 Å². The Labute approximate surface area is 66.5 Å². The number of guanidine groups is 1. The van der Waals surface area contributed by atoms with E-state index in [0.717, 1.165) is 6.54 Å². The predicted octanol–water partition coefficient (Wildman–Crippen LogP) is 0.470. The smallest absolute Gasteiger partial charge is 0.212 e. The third-order valence-corrected chi connectivity index (χ3v) is 2.11. The van der Waals surface area contributed by atoms with Crippen molar-refractivity contribution < 1.29 is 5.21 Å². The van der Waals surface area contributed by atoms with E-state index in [1.54, 1.807) is 0 Å². The molecular formula is C7H15N3O. The molecule has 0 aromatic heterocycles. The van der Waals surface area contributed by atoms with Gasteiger partial charge in [-0.3, -0.25) is 10.2 Å². The van der Waals surface area contributed by atoms with Gasteiger partial charge in [-0.25, -0.2) is 5.48 Å².